The minimum Gasteiger partial charge on any atom is -0.497 e. The fraction of sp³-hybridized carbons (Fsp3) is 0.120. The molecule has 0 aliphatic carbocycles. The summed E-state index contributed by atoms with van der Waals surface area (Å²) in [7, 11) is 3.10. The van der Waals surface area contributed by atoms with Crippen LogP contribution in [0, 0.1) is 6.92 Å². The third-order valence-corrected chi connectivity index (χ3v) is 6.06. The summed E-state index contributed by atoms with van der Waals surface area (Å²) in [6, 6.07) is 21.9. The molecule has 3 aromatic rings. The van der Waals surface area contributed by atoms with Gasteiger partial charge in [-0.15, -0.1) is 0 Å². The Bertz CT molecular complexity index is 1190. The predicted molar refractivity (Wildman–Crippen MR) is 126 cm³/mol. The number of aryl methyl sites for hydroxylation is 1. The van der Waals surface area contributed by atoms with Crippen molar-refractivity contribution >= 4 is 35.0 Å². The summed E-state index contributed by atoms with van der Waals surface area (Å²) >= 11 is 1.26. The van der Waals surface area contributed by atoms with Crippen molar-refractivity contribution < 1.29 is 19.1 Å². The maximum atomic E-state index is 13.4. The van der Waals surface area contributed by atoms with Crippen LogP contribution < -0.4 is 19.7 Å². The van der Waals surface area contributed by atoms with Gasteiger partial charge in [-0.25, -0.2) is 4.90 Å². The van der Waals surface area contributed by atoms with Crippen LogP contribution in [0.15, 0.2) is 88.3 Å². The molecule has 6 nitrogen and oxygen atoms in total. The molecule has 0 bridgehead atoms. The SMILES string of the molecule is COc1ccc(NC2=C(Sc3ccc(C)cc3)C(=O)N(c3ccccc3)C2=O)c(OC)c1. The molecule has 7 heteroatoms. The molecule has 0 saturated carbocycles. The lowest BCUT2D eigenvalue weighted by Gasteiger charge is -2.16. The Kier molecular flexibility index (Phi) is 6.18. The average Bonchev–Trinajstić information content (AvgIpc) is 3.05. The zero-order valence-electron chi connectivity index (χ0n) is 17.9. The van der Waals surface area contributed by atoms with E-state index in [1.807, 2.05) is 37.3 Å². The average molecular weight is 447 g/mol. The number of ether oxygens (including phenoxy) is 2. The molecule has 0 fully saturated rings. The molecule has 4 rings (SSSR count). The number of benzene rings is 3. The fourth-order valence-electron chi connectivity index (χ4n) is 3.29. The largest absolute Gasteiger partial charge is 0.497 e. The Balaban J connectivity index is 1.76. The number of nitrogens with zero attached hydrogens (tertiary/aromatic N) is 1. The van der Waals surface area contributed by atoms with Crippen LogP contribution in [0.2, 0.25) is 0 Å². The highest BCUT2D eigenvalue weighted by Crippen LogP contribution is 2.39. The molecule has 0 radical (unpaired) electrons. The van der Waals surface area contributed by atoms with Gasteiger partial charge in [0.25, 0.3) is 11.8 Å². The van der Waals surface area contributed by atoms with Gasteiger partial charge in [0.05, 0.1) is 25.6 Å². The second-order valence-corrected chi connectivity index (χ2v) is 8.18. The van der Waals surface area contributed by atoms with Gasteiger partial charge in [0.1, 0.15) is 22.1 Å². The number of hydrogen-bond donors (Lipinski definition) is 1. The summed E-state index contributed by atoms with van der Waals surface area (Å²) in [5.74, 6) is 0.320. The molecule has 1 aliphatic rings. The lowest BCUT2D eigenvalue weighted by Crippen LogP contribution is -2.32. The molecule has 0 saturated heterocycles. The summed E-state index contributed by atoms with van der Waals surface area (Å²) in [6.45, 7) is 2.00. The van der Waals surface area contributed by atoms with Gasteiger partial charge in [-0.3, -0.25) is 9.59 Å². The number of carbonyl (C=O) groups is 2. The van der Waals surface area contributed by atoms with E-state index in [-0.39, 0.29) is 11.6 Å². The Labute approximate surface area is 190 Å². The lowest BCUT2D eigenvalue weighted by atomic mass is 10.2. The monoisotopic (exact) mass is 446 g/mol. The van der Waals surface area contributed by atoms with Crippen molar-refractivity contribution in [2.24, 2.45) is 0 Å². The minimum absolute atomic E-state index is 0.202. The number of carbonyl (C=O) groups excluding carboxylic acids is 2. The summed E-state index contributed by atoms with van der Waals surface area (Å²) in [6.07, 6.45) is 0. The van der Waals surface area contributed by atoms with Crippen LogP contribution in [-0.4, -0.2) is 26.0 Å². The van der Waals surface area contributed by atoms with Gasteiger partial charge in [-0.1, -0.05) is 47.7 Å². The first-order valence-electron chi connectivity index (χ1n) is 9.93. The molecule has 0 atom stereocenters. The number of amides is 2. The lowest BCUT2D eigenvalue weighted by molar-refractivity contribution is -0.120. The Hall–Kier alpha value is -3.71. The zero-order chi connectivity index (χ0) is 22.7. The fourth-order valence-corrected chi connectivity index (χ4v) is 4.21. The van der Waals surface area contributed by atoms with Crippen LogP contribution in [0.4, 0.5) is 11.4 Å². The molecule has 2 amide bonds. The van der Waals surface area contributed by atoms with E-state index < -0.39 is 5.91 Å². The minimum atomic E-state index is -0.423. The smallest absolute Gasteiger partial charge is 0.283 e. The molecule has 0 aromatic heterocycles. The van der Waals surface area contributed by atoms with Crippen LogP contribution >= 0.6 is 11.8 Å². The third-order valence-electron chi connectivity index (χ3n) is 4.97. The third kappa shape index (κ3) is 4.20. The van der Waals surface area contributed by atoms with Crippen LogP contribution in [-0.2, 0) is 9.59 Å². The number of hydrogen-bond acceptors (Lipinski definition) is 6. The summed E-state index contributed by atoms with van der Waals surface area (Å²) in [5, 5.41) is 3.14. The number of rotatable bonds is 7. The van der Waals surface area contributed by atoms with Gasteiger partial charge >= 0.3 is 0 Å². The van der Waals surface area contributed by atoms with Crippen LogP contribution in [0.5, 0.6) is 11.5 Å². The van der Waals surface area contributed by atoms with Crippen molar-refractivity contribution in [2.75, 3.05) is 24.4 Å². The highest BCUT2D eigenvalue weighted by molar-refractivity contribution is 8.04. The number of para-hydroxylation sites is 1. The standard InChI is InChI=1S/C25H22N2O4S/c1-16-9-12-19(13-10-16)32-23-22(26-20-14-11-18(30-2)15-21(20)31-3)24(28)27(25(23)29)17-7-5-4-6-8-17/h4-15,26H,1-3H3. The van der Waals surface area contributed by atoms with E-state index in [0.717, 1.165) is 10.5 Å². The van der Waals surface area contributed by atoms with E-state index in [2.05, 4.69) is 5.32 Å². The first-order chi connectivity index (χ1) is 15.5. The van der Waals surface area contributed by atoms with Crippen molar-refractivity contribution in [1.82, 2.24) is 0 Å². The highest BCUT2D eigenvalue weighted by atomic mass is 32.2. The molecule has 162 valence electrons. The molecule has 0 unspecified atom stereocenters. The summed E-state index contributed by atoms with van der Waals surface area (Å²) in [5.41, 5.74) is 2.39. The zero-order valence-corrected chi connectivity index (χ0v) is 18.7. The van der Waals surface area contributed by atoms with Gasteiger partial charge in [0, 0.05) is 11.0 Å². The number of thioether (sulfide) groups is 1. The van der Waals surface area contributed by atoms with E-state index >= 15 is 0 Å². The normalized spacial score (nSPS) is 13.5. The van der Waals surface area contributed by atoms with Crippen LogP contribution in [0.3, 0.4) is 0 Å². The van der Waals surface area contributed by atoms with Crippen molar-refractivity contribution in [1.29, 1.82) is 0 Å². The maximum absolute atomic E-state index is 13.4. The van der Waals surface area contributed by atoms with Gasteiger partial charge in [-0.05, 0) is 43.3 Å². The van der Waals surface area contributed by atoms with E-state index in [9.17, 15) is 9.59 Å². The first-order valence-corrected chi connectivity index (χ1v) is 10.7. The predicted octanol–water partition coefficient (Wildman–Crippen LogP) is 5.00. The molecule has 0 spiro atoms. The molecular formula is C25H22N2O4S. The van der Waals surface area contributed by atoms with Gasteiger partial charge in [0.2, 0.25) is 0 Å². The number of nitrogens with one attached hydrogen (secondary N) is 1. The highest BCUT2D eigenvalue weighted by Gasteiger charge is 2.40. The van der Waals surface area contributed by atoms with E-state index in [0.29, 0.717) is 27.8 Å². The van der Waals surface area contributed by atoms with Gasteiger partial charge < -0.3 is 14.8 Å². The molecule has 32 heavy (non-hydrogen) atoms. The van der Waals surface area contributed by atoms with Crippen LogP contribution in [0.1, 0.15) is 5.56 Å². The Morgan fingerprint density at radius 3 is 2.22 bits per heavy atom. The van der Waals surface area contributed by atoms with E-state index in [4.69, 9.17) is 9.47 Å². The van der Waals surface area contributed by atoms with Crippen molar-refractivity contribution in [3.63, 3.8) is 0 Å². The first kappa shape index (κ1) is 21.5. The van der Waals surface area contributed by atoms with Gasteiger partial charge in [-0.2, -0.15) is 0 Å². The Morgan fingerprint density at radius 1 is 0.844 bits per heavy atom. The molecular weight excluding hydrogens is 424 g/mol. The second-order valence-electron chi connectivity index (χ2n) is 7.09. The summed E-state index contributed by atoms with van der Waals surface area (Å²) in [4.78, 5) is 29.2. The molecule has 1 aliphatic heterocycles. The van der Waals surface area contributed by atoms with Crippen molar-refractivity contribution in [2.45, 2.75) is 11.8 Å². The quantitative estimate of drug-likeness (QED) is 0.515. The molecule has 3 aromatic carbocycles. The van der Waals surface area contributed by atoms with Crippen molar-refractivity contribution in [3.05, 3.63) is 89.0 Å². The Morgan fingerprint density at radius 2 is 1.56 bits per heavy atom. The number of methoxy groups -OCH3 is 2. The van der Waals surface area contributed by atoms with Crippen LogP contribution in [0.25, 0.3) is 0 Å². The summed E-state index contributed by atoms with van der Waals surface area (Å²) < 4.78 is 10.7. The molecule has 1 heterocycles. The second kappa shape index (κ2) is 9.20. The number of imide groups is 1. The van der Waals surface area contributed by atoms with Gasteiger partial charge in [0.15, 0.2) is 0 Å². The molecule has 1 N–H and O–H groups in total. The van der Waals surface area contributed by atoms with E-state index in [1.165, 1.54) is 23.8 Å². The topological polar surface area (TPSA) is 67.9 Å². The maximum Gasteiger partial charge on any atom is 0.283 e. The van der Waals surface area contributed by atoms with Crippen molar-refractivity contribution in [3.8, 4) is 11.5 Å². The van der Waals surface area contributed by atoms with E-state index in [1.54, 1.807) is 49.6 Å². The number of anilines is 2.